The fourth-order valence-electron chi connectivity index (χ4n) is 3.25. The zero-order valence-electron chi connectivity index (χ0n) is 12.3. The van der Waals surface area contributed by atoms with Gasteiger partial charge in [-0.25, -0.2) is 4.98 Å². The Bertz CT molecular complexity index is 323. The Morgan fingerprint density at radius 2 is 1.47 bits per heavy atom. The summed E-state index contributed by atoms with van der Waals surface area (Å²) in [5.41, 5.74) is 0.146. The fraction of sp³-hybridized carbons (Fsp3) is 0.812. The van der Waals surface area contributed by atoms with Crippen LogP contribution in [0.4, 0.5) is 0 Å². The highest BCUT2D eigenvalue weighted by atomic mass is 32.1. The second-order valence-corrected chi connectivity index (χ2v) is 6.75. The van der Waals surface area contributed by atoms with Gasteiger partial charge in [0.1, 0.15) is 5.01 Å². The van der Waals surface area contributed by atoms with Crippen LogP contribution in [0.5, 0.6) is 0 Å². The van der Waals surface area contributed by atoms with Crippen molar-refractivity contribution in [2.24, 2.45) is 0 Å². The highest BCUT2D eigenvalue weighted by Crippen LogP contribution is 2.34. The van der Waals surface area contributed by atoms with Crippen molar-refractivity contribution in [3.05, 3.63) is 16.6 Å². The maximum atomic E-state index is 4.61. The summed E-state index contributed by atoms with van der Waals surface area (Å²) in [7, 11) is 2.12. The van der Waals surface area contributed by atoms with Gasteiger partial charge in [-0.05, 0) is 19.9 Å². The number of hydrogen-bond acceptors (Lipinski definition) is 3. The van der Waals surface area contributed by atoms with Gasteiger partial charge >= 0.3 is 0 Å². The zero-order valence-corrected chi connectivity index (χ0v) is 13.1. The summed E-state index contributed by atoms with van der Waals surface area (Å²) in [5, 5.41) is 7.03. The molecular weight excluding hydrogens is 252 g/mol. The van der Waals surface area contributed by atoms with E-state index in [1.54, 1.807) is 0 Å². The van der Waals surface area contributed by atoms with Gasteiger partial charge in [-0.15, -0.1) is 11.3 Å². The summed E-state index contributed by atoms with van der Waals surface area (Å²) in [6.07, 6.45) is 17.0. The molecular formula is C16H28N2S. The molecule has 1 saturated carbocycles. The molecule has 1 aromatic rings. The molecule has 2 nitrogen and oxygen atoms in total. The van der Waals surface area contributed by atoms with E-state index in [0.29, 0.717) is 0 Å². The number of hydrogen-bond donors (Lipinski definition) is 1. The molecule has 1 aliphatic carbocycles. The molecule has 1 heterocycles. The van der Waals surface area contributed by atoms with E-state index in [0.717, 1.165) is 0 Å². The van der Waals surface area contributed by atoms with Crippen LogP contribution in [-0.4, -0.2) is 12.0 Å². The number of rotatable bonds is 2. The SMILES string of the molecule is CNC1(c2nccs2)CCCCCCCCCCC1. The largest absolute Gasteiger partial charge is 0.308 e. The lowest BCUT2D eigenvalue weighted by Gasteiger charge is -2.32. The molecule has 0 amide bonds. The van der Waals surface area contributed by atoms with Gasteiger partial charge in [-0.3, -0.25) is 0 Å². The Kier molecular flexibility index (Phi) is 6.32. The molecule has 1 fully saturated rings. The van der Waals surface area contributed by atoms with Gasteiger partial charge in [0.05, 0.1) is 5.54 Å². The predicted octanol–water partition coefficient (Wildman–Crippen LogP) is 4.86. The molecule has 1 N–H and O–H groups in total. The average Bonchev–Trinajstić information content (AvgIpc) is 2.94. The lowest BCUT2D eigenvalue weighted by atomic mass is 9.86. The molecule has 3 heteroatoms. The maximum Gasteiger partial charge on any atom is 0.113 e. The number of thiazole rings is 1. The average molecular weight is 280 g/mol. The van der Waals surface area contributed by atoms with Crippen molar-refractivity contribution >= 4 is 11.3 Å². The van der Waals surface area contributed by atoms with E-state index in [1.165, 1.54) is 75.6 Å². The molecule has 0 saturated heterocycles. The molecule has 0 spiro atoms. The van der Waals surface area contributed by atoms with Crippen molar-refractivity contribution in [3.8, 4) is 0 Å². The molecule has 1 aliphatic rings. The molecule has 19 heavy (non-hydrogen) atoms. The van der Waals surface area contributed by atoms with Gasteiger partial charge in [-0.1, -0.05) is 57.8 Å². The van der Waals surface area contributed by atoms with Gasteiger partial charge in [-0.2, -0.15) is 0 Å². The van der Waals surface area contributed by atoms with E-state index >= 15 is 0 Å². The highest BCUT2D eigenvalue weighted by molar-refractivity contribution is 7.09. The van der Waals surface area contributed by atoms with E-state index in [1.807, 2.05) is 17.5 Å². The van der Waals surface area contributed by atoms with Crippen LogP contribution in [0.15, 0.2) is 11.6 Å². The summed E-state index contributed by atoms with van der Waals surface area (Å²) < 4.78 is 0. The van der Waals surface area contributed by atoms with Crippen LogP contribution < -0.4 is 5.32 Å². The standard InChI is InChI=1S/C16H28N2S/c1-17-16(15-18-13-14-19-15)11-9-7-5-3-2-4-6-8-10-12-16/h13-14,17H,2-12H2,1H3. The molecule has 0 radical (unpaired) electrons. The summed E-state index contributed by atoms with van der Waals surface area (Å²) in [6, 6.07) is 0. The normalized spacial score (nSPS) is 22.4. The van der Waals surface area contributed by atoms with Gasteiger partial charge in [0, 0.05) is 11.6 Å². The topological polar surface area (TPSA) is 24.9 Å². The van der Waals surface area contributed by atoms with Crippen LogP contribution >= 0.6 is 11.3 Å². The van der Waals surface area contributed by atoms with Gasteiger partial charge in [0.2, 0.25) is 0 Å². The molecule has 0 aliphatic heterocycles. The quantitative estimate of drug-likeness (QED) is 0.836. The molecule has 108 valence electrons. The number of aromatic nitrogens is 1. The highest BCUT2D eigenvalue weighted by Gasteiger charge is 2.31. The first kappa shape index (κ1) is 15.0. The second-order valence-electron chi connectivity index (χ2n) is 5.85. The van der Waals surface area contributed by atoms with Crippen LogP contribution in [0.2, 0.25) is 0 Å². The fourth-order valence-corrected chi connectivity index (χ4v) is 4.15. The zero-order chi connectivity index (χ0) is 13.4. The third kappa shape index (κ3) is 4.28. The van der Waals surface area contributed by atoms with E-state index in [-0.39, 0.29) is 5.54 Å². The van der Waals surface area contributed by atoms with Crippen LogP contribution in [0.25, 0.3) is 0 Å². The summed E-state index contributed by atoms with van der Waals surface area (Å²) in [4.78, 5) is 4.61. The molecule has 0 bridgehead atoms. The smallest absolute Gasteiger partial charge is 0.113 e. The first-order chi connectivity index (χ1) is 9.37. The Hall–Kier alpha value is -0.410. The Morgan fingerprint density at radius 1 is 0.947 bits per heavy atom. The van der Waals surface area contributed by atoms with Crippen LogP contribution in [0.1, 0.15) is 75.6 Å². The number of nitrogens with zero attached hydrogens (tertiary/aromatic N) is 1. The predicted molar refractivity (Wildman–Crippen MR) is 83.6 cm³/mol. The van der Waals surface area contributed by atoms with Crippen molar-refractivity contribution in [2.75, 3.05) is 7.05 Å². The molecule has 0 unspecified atom stereocenters. The van der Waals surface area contributed by atoms with E-state index in [9.17, 15) is 0 Å². The third-order valence-corrected chi connectivity index (χ3v) is 5.50. The van der Waals surface area contributed by atoms with E-state index < -0.39 is 0 Å². The third-order valence-electron chi connectivity index (χ3n) is 4.53. The van der Waals surface area contributed by atoms with Gasteiger partial charge in [0.15, 0.2) is 0 Å². The second kappa shape index (κ2) is 8.01. The lowest BCUT2D eigenvalue weighted by molar-refractivity contribution is 0.281. The summed E-state index contributed by atoms with van der Waals surface area (Å²) >= 11 is 1.82. The van der Waals surface area contributed by atoms with Crippen molar-refractivity contribution in [1.82, 2.24) is 10.3 Å². The Morgan fingerprint density at radius 3 is 1.89 bits per heavy atom. The van der Waals surface area contributed by atoms with E-state index in [4.69, 9.17) is 0 Å². The first-order valence-corrected chi connectivity index (χ1v) is 8.84. The molecule has 1 aromatic heterocycles. The minimum Gasteiger partial charge on any atom is -0.308 e. The minimum atomic E-state index is 0.146. The van der Waals surface area contributed by atoms with Crippen LogP contribution in [0, 0.1) is 0 Å². The van der Waals surface area contributed by atoms with Crippen LogP contribution in [-0.2, 0) is 5.54 Å². The van der Waals surface area contributed by atoms with Gasteiger partial charge < -0.3 is 5.32 Å². The molecule has 0 aromatic carbocycles. The Labute approximate surface area is 122 Å². The maximum absolute atomic E-state index is 4.61. The van der Waals surface area contributed by atoms with Crippen molar-refractivity contribution in [1.29, 1.82) is 0 Å². The first-order valence-electron chi connectivity index (χ1n) is 7.96. The monoisotopic (exact) mass is 280 g/mol. The van der Waals surface area contributed by atoms with Gasteiger partial charge in [0.25, 0.3) is 0 Å². The molecule has 2 rings (SSSR count). The Balaban J connectivity index is 2.03. The van der Waals surface area contributed by atoms with Crippen molar-refractivity contribution in [2.45, 2.75) is 76.2 Å². The van der Waals surface area contributed by atoms with Crippen molar-refractivity contribution < 1.29 is 0 Å². The lowest BCUT2D eigenvalue weighted by Crippen LogP contribution is -2.40. The molecule has 0 atom stereocenters. The van der Waals surface area contributed by atoms with E-state index in [2.05, 4.69) is 22.7 Å². The van der Waals surface area contributed by atoms with Crippen LogP contribution in [0.3, 0.4) is 0 Å². The minimum absolute atomic E-state index is 0.146. The van der Waals surface area contributed by atoms with Crippen molar-refractivity contribution in [3.63, 3.8) is 0 Å². The summed E-state index contributed by atoms with van der Waals surface area (Å²) in [6.45, 7) is 0. The number of nitrogens with one attached hydrogen (secondary N) is 1. The summed E-state index contributed by atoms with van der Waals surface area (Å²) in [5.74, 6) is 0.